The summed E-state index contributed by atoms with van der Waals surface area (Å²) in [6.07, 6.45) is 3.29. The van der Waals surface area contributed by atoms with Crippen molar-refractivity contribution in [1.29, 1.82) is 0 Å². The van der Waals surface area contributed by atoms with Gasteiger partial charge in [-0.2, -0.15) is 0 Å². The first-order valence-electron chi connectivity index (χ1n) is 7.26. The van der Waals surface area contributed by atoms with Crippen LogP contribution in [0.4, 0.5) is 0 Å². The molecule has 0 saturated heterocycles. The molecule has 1 aromatic rings. The lowest BCUT2D eigenvalue weighted by atomic mass is 9.93. The molecule has 0 unspecified atom stereocenters. The summed E-state index contributed by atoms with van der Waals surface area (Å²) >= 11 is 0. The molecule has 1 aliphatic carbocycles. The molecule has 0 amide bonds. The summed E-state index contributed by atoms with van der Waals surface area (Å²) in [6.45, 7) is 3.73. The van der Waals surface area contributed by atoms with Gasteiger partial charge in [0.05, 0.1) is 7.11 Å². The molecule has 0 spiro atoms. The number of nitrogens with one attached hydrogen (secondary N) is 1. The zero-order valence-corrected chi connectivity index (χ0v) is 14.9. The van der Waals surface area contributed by atoms with Crippen molar-refractivity contribution in [3.05, 3.63) is 23.3 Å². The number of aryl methyl sites for hydroxylation is 2. The van der Waals surface area contributed by atoms with Crippen LogP contribution in [0.25, 0.3) is 0 Å². The first-order valence-corrected chi connectivity index (χ1v) is 8.75. The van der Waals surface area contributed by atoms with Crippen LogP contribution in [0.1, 0.15) is 36.8 Å². The predicted octanol–water partition coefficient (Wildman–Crippen LogP) is 2.28. The highest BCUT2D eigenvalue weighted by molar-refractivity contribution is 7.89. The second-order valence-corrected chi connectivity index (χ2v) is 7.53. The van der Waals surface area contributed by atoms with Gasteiger partial charge < -0.3 is 10.5 Å². The molecule has 1 saturated carbocycles. The van der Waals surface area contributed by atoms with Crippen molar-refractivity contribution in [3.8, 4) is 5.75 Å². The molecule has 0 radical (unpaired) electrons. The number of ether oxygens (including phenoxy) is 1. The van der Waals surface area contributed by atoms with Gasteiger partial charge in [-0.05, 0) is 56.7 Å². The Morgan fingerprint density at radius 3 is 2.32 bits per heavy atom. The van der Waals surface area contributed by atoms with Crippen LogP contribution in [0.15, 0.2) is 17.0 Å². The number of hydrogen-bond acceptors (Lipinski definition) is 4. The number of rotatable bonds is 4. The fraction of sp³-hybridized carbons (Fsp3) is 0.600. The number of nitrogens with two attached hydrogens (primary N) is 1. The summed E-state index contributed by atoms with van der Waals surface area (Å²) in [5.74, 6) is 0.417. The predicted molar refractivity (Wildman–Crippen MR) is 90.3 cm³/mol. The van der Waals surface area contributed by atoms with Gasteiger partial charge in [0.15, 0.2) is 0 Å². The molecule has 1 aliphatic rings. The van der Waals surface area contributed by atoms with E-state index in [1.54, 1.807) is 6.07 Å². The van der Waals surface area contributed by atoms with Crippen LogP contribution in [0.2, 0.25) is 0 Å². The molecule has 0 heterocycles. The third-order valence-corrected chi connectivity index (χ3v) is 5.50. The van der Waals surface area contributed by atoms with E-state index in [9.17, 15) is 8.42 Å². The first kappa shape index (κ1) is 19.2. The fourth-order valence-electron chi connectivity index (χ4n) is 2.90. The van der Waals surface area contributed by atoms with E-state index in [4.69, 9.17) is 10.5 Å². The summed E-state index contributed by atoms with van der Waals surface area (Å²) in [6, 6.07) is 3.72. The molecular formula is C15H25ClN2O3S. The van der Waals surface area contributed by atoms with Gasteiger partial charge in [-0.25, -0.2) is 13.1 Å². The highest BCUT2D eigenvalue weighted by atomic mass is 35.5. The van der Waals surface area contributed by atoms with E-state index in [1.807, 2.05) is 19.9 Å². The van der Waals surface area contributed by atoms with Gasteiger partial charge in [0.1, 0.15) is 10.6 Å². The molecule has 3 N–H and O–H groups in total. The normalized spacial score (nSPS) is 22.0. The van der Waals surface area contributed by atoms with E-state index in [2.05, 4.69) is 4.72 Å². The van der Waals surface area contributed by atoms with Crippen molar-refractivity contribution in [1.82, 2.24) is 4.72 Å². The second-order valence-electron chi connectivity index (χ2n) is 5.85. The monoisotopic (exact) mass is 348 g/mol. The molecule has 2 rings (SSSR count). The molecule has 1 fully saturated rings. The van der Waals surface area contributed by atoms with Crippen molar-refractivity contribution in [2.45, 2.75) is 56.5 Å². The first-order chi connectivity index (χ1) is 9.83. The third kappa shape index (κ3) is 4.35. The van der Waals surface area contributed by atoms with Crippen LogP contribution in [0.5, 0.6) is 5.75 Å². The van der Waals surface area contributed by atoms with E-state index in [-0.39, 0.29) is 29.4 Å². The maximum absolute atomic E-state index is 12.6. The van der Waals surface area contributed by atoms with Gasteiger partial charge in [-0.1, -0.05) is 6.07 Å². The third-order valence-electron chi connectivity index (χ3n) is 3.97. The van der Waals surface area contributed by atoms with Gasteiger partial charge >= 0.3 is 0 Å². The molecule has 0 aliphatic heterocycles. The fourth-order valence-corrected chi connectivity index (χ4v) is 4.53. The number of methoxy groups -OCH3 is 1. The van der Waals surface area contributed by atoms with Crippen LogP contribution in [0.3, 0.4) is 0 Å². The van der Waals surface area contributed by atoms with Gasteiger partial charge in [0.2, 0.25) is 10.0 Å². The molecule has 0 atom stereocenters. The molecule has 0 bridgehead atoms. The summed E-state index contributed by atoms with van der Waals surface area (Å²) < 4.78 is 33.4. The standard InChI is InChI=1S/C15H24N2O3S.ClH/c1-10-8-11(2)15(20-3)14(9-10)21(18,19)17-13-6-4-12(16)5-7-13;/h8-9,12-13,17H,4-7,16H2,1-3H3;1H. The summed E-state index contributed by atoms with van der Waals surface area (Å²) in [4.78, 5) is 0.220. The van der Waals surface area contributed by atoms with E-state index >= 15 is 0 Å². The Morgan fingerprint density at radius 2 is 1.77 bits per heavy atom. The Morgan fingerprint density at radius 1 is 1.18 bits per heavy atom. The van der Waals surface area contributed by atoms with Crippen molar-refractivity contribution < 1.29 is 13.2 Å². The van der Waals surface area contributed by atoms with Crippen LogP contribution < -0.4 is 15.2 Å². The van der Waals surface area contributed by atoms with Crippen molar-refractivity contribution in [2.24, 2.45) is 5.73 Å². The minimum Gasteiger partial charge on any atom is -0.495 e. The molecule has 126 valence electrons. The van der Waals surface area contributed by atoms with Crippen molar-refractivity contribution in [2.75, 3.05) is 7.11 Å². The van der Waals surface area contributed by atoms with Crippen LogP contribution >= 0.6 is 12.4 Å². The molecule has 5 nitrogen and oxygen atoms in total. The SMILES string of the molecule is COc1c(C)cc(C)cc1S(=O)(=O)NC1CCC(N)CC1.Cl. The number of hydrogen-bond donors (Lipinski definition) is 2. The lowest BCUT2D eigenvalue weighted by Gasteiger charge is -2.27. The minimum atomic E-state index is -3.58. The van der Waals surface area contributed by atoms with E-state index in [1.165, 1.54) is 7.11 Å². The zero-order valence-electron chi connectivity index (χ0n) is 13.3. The van der Waals surface area contributed by atoms with Gasteiger partial charge in [0.25, 0.3) is 0 Å². The highest BCUT2D eigenvalue weighted by Crippen LogP contribution is 2.30. The maximum atomic E-state index is 12.6. The molecule has 22 heavy (non-hydrogen) atoms. The Labute approximate surface area is 139 Å². The molecule has 0 aromatic heterocycles. The maximum Gasteiger partial charge on any atom is 0.244 e. The summed E-state index contributed by atoms with van der Waals surface area (Å²) in [7, 11) is -2.08. The van der Waals surface area contributed by atoms with E-state index < -0.39 is 10.0 Å². The highest BCUT2D eigenvalue weighted by Gasteiger charge is 2.27. The van der Waals surface area contributed by atoms with Gasteiger partial charge in [-0.15, -0.1) is 12.4 Å². The van der Waals surface area contributed by atoms with Crippen LogP contribution in [-0.4, -0.2) is 27.6 Å². The lowest BCUT2D eigenvalue weighted by molar-refractivity contribution is 0.371. The smallest absolute Gasteiger partial charge is 0.244 e. The van der Waals surface area contributed by atoms with Gasteiger partial charge in [0, 0.05) is 12.1 Å². The molecular weight excluding hydrogens is 324 g/mol. The average molecular weight is 349 g/mol. The Balaban J connectivity index is 0.00000242. The quantitative estimate of drug-likeness (QED) is 0.874. The van der Waals surface area contributed by atoms with E-state index in [0.29, 0.717) is 5.75 Å². The zero-order chi connectivity index (χ0) is 15.6. The Bertz CT molecular complexity index is 611. The number of sulfonamides is 1. The van der Waals surface area contributed by atoms with Crippen molar-refractivity contribution >= 4 is 22.4 Å². The summed E-state index contributed by atoms with van der Waals surface area (Å²) in [5.41, 5.74) is 7.58. The molecule has 7 heteroatoms. The largest absolute Gasteiger partial charge is 0.495 e. The average Bonchev–Trinajstić information content (AvgIpc) is 2.40. The van der Waals surface area contributed by atoms with Crippen LogP contribution in [0, 0.1) is 13.8 Å². The topological polar surface area (TPSA) is 81.4 Å². The minimum absolute atomic E-state index is 0. The Hall–Kier alpha value is -0.820. The van der Waals surface area contributed by atoms with Crippen molar-refractivity contribution in [3.63, 3.8) is 0 Å². The number of benzene rings is 1. The number of halogens is 1. The van der Waals surface area contributed by atoms with Gasteiger partial charge in [-0.3, -0.25) is 0 Å². The summed E-state index contributed by atoms with van der Waals surface area (Å²) in [5, 5.41) is 0. The molecule has 1 aromatic carbocycles. The lowest BCUT2D eigenvalue weighted by Crippen LogP contribution is -2.40. The van der Waals surface area contributed by atoms with E-state index in [0.717, 1.165) is 36.8 Å². The second kappa shape index (κ2) is 7.64. The van der Waals surface area contributed by atoms with Crippen LogP contribution in [-0.2, 0) is 10.0 Å². The Kier molecular flexibility index (Phi) is 6.67.